The van der Waals surface area contributed by atoms with Gasteiger partial charge in [-0.2, -0.15) is 23.5 Å². The molecule has 0 aliphatic carbocycles. The summed E-state index contributed by atoms with van der Waals surface area (Å²) in [7, 11) is 0. The van der Waals surface area contributed by atoms with Crippen LogP contribution in [0.1, 0.15) is 23.7 Å². The number of thioether (sulfide) groups is 2. The van der Waals surface area contributed by atoms with Crippen LogP contribution in [0.5, 0.6) is 0 Å². The molecule has 2 heteroatoms. The fourth-order valence-electron chi connectivity index (χ4n) is 3.56. The molecular weight excluding hydrogens is 268 g/mol. The Morgan fingerprint density at radius 1 is 0.842 bits per heavy atom. The van der Waals surface area contributed by atoms with Crippen LogP contribution in [-0.2, 0) is 0 Å². The maximum atomic E-state index is 2.37. The zero-order valence-electron chi connectivity index (χ0n) is 10.9. The average Bonchev–Trinajstić information content (AvgIpc) is 2.95. The van der Waals surface area contributed by atoms with Crippen molar-refractivity contribution in [3.8, 4) is 0 Å². The van der Waals surface area contributed by atoms with Crippen LogP contribution in [0.4, 0.5) is 0 Å². The molecule has 2 aliphatic rings. The molecule has 0 aromatic heterocycles. The van der Waals surface area contributed by atoms with Crippen LogP contribution < -0.4 is 0 Å². The van der Waals surface area contributed by atoms with Gasteiger partial charge in [0, 0.05) is 10.5 Å². The van der Waals surface area contributed by atoms with E-state index in [1.54, 1.807) is 5.56 Å². The standard InChI is InChI=1S/C17H18S2/c1-2-6-13-12(4-1)5-3-7-14(13)17-15-8-10-18-16(15)9-11-19-17/h1-7,15-17H,8-11H2/t15-,16-,17-/m1/s1. The molecule has 0 saturated carbocycles. The first-order chi connectivity index (χ1) is 9.43. The molecular formula is C17H18S2. The first-order valence-corrected chi connectivity index (χ1v) is 9.24. The molecule has 19 heavy (non-hydrogen) atoms. The minimum Gasteiger partial charge on any atom is -0.158 e. The van der Waals surface area contributed by atoms with Gasteiger partial charge < -0.3 is 0 Å². The second kappa shape index (κ2) is 5.06. The fourth-order valence-corrected chi connectivity index (χ4v) is 6.95. The van der Waals surface area contributed by atoms with Crippen molar-refractivity contribution >= 4 is 34.3 Å². The maximum Gasteiger partial charge on any atom is 0.0342 e. The van der Waals surface area contributed by atoms with Crippen molar-refractivity contribution in [2.24, 2.45) is 5.92 Å². The molecule has 0 bridgehead atoms. The van der Waals surface area contributed by atoms with E-state index in [0.29, 0.717) is 0 Å². The molecule has 0 N–H and O–H groups in total. The molecule has 2 aliphatic heterocycles. The van der Waals surface area contributed by atoms with Crippen molar-refractivity contribution in [1.29, 1.82) is 0 Å². The summed E-state index contributed by atoms with van der Waals surface area (Å²) in [6.07, 6.45) is 2.83. The topological polar surface area (TPSA) is 0 Å². The predicted molar refractivity (Wildman–Crippen MR) is 88.1 cm³/mol. The number of rotatable bonds is 1. The molecule has 0 amide bonds. The number of hydrogen-bond acceptors (Lipinski definition) is 2. The Hall–Kier alpha value is -0.600. The Bertz CT molecular complexity index is 587. The molecule has 2 heterocycles. The highest BCUT2D eigenvalue weighted by Crippen LogP contribution is 2.53. The van der Waals surface area contributed by atoms with E-state index < -0.39 is 0 Å². The van der Waals surface area contributed by atoms with Crippen molar-refractivity contribution in [3.63, 3.8) is 0 Å². The molecule has 98 valence electrons. The smallest absolute Gasteiger partial charge is 0.0342 e. The Labute approximate surface area is 123 Å². The maximum absolute atomic E-state index is 2.37. The third-order valence-corrected chi connectivity index (χ3v) is 7.40. The Balaban J connectivity index is 1.81. The number of fused-ring (bicyclic) bond motifs is 2. The SMILES string of the molecule is c1ccc2c([C@H]3SCC[C@H]4SCC[C@@H]34)cccc2c1. The van der Waals surface area contributed by atoms with E-state index in [4.69, 9.17) is 0 Å². The second-order valence-electron chi connectivity index (χ2n) is 5.51. The molecule has 2 aromatic rings. The summed E-state index contributed by atoms with van der Waals surface area (Å²) in [5, 5.41) is 4.51. The molecule has 4 rings (SSSR count). The van der Waals surface area contributed by atoms with Gasteiger partial charge in [0.1, 0.15) is 0 Å². The van der Waals surface area contributed by atoms with Crippen molar-refractivity contribution in [2.75, 3.05) is 11.5 Å². The molecule has 3 atom stereocenters. The van der Waals surface area contributed by atoms with Crippen molar-refractivity contribution in [3.05, 3.63) is 48.0 Å². The summed E-state index contributed by atoms with van der Waals surface area (Å²) >= 11 is 4.41. The Morgan fingerprint density at radius 2 is 1.68 bits per heavy atom. The second-order valence-corrected chi connectivity index (χ2v) is 8.11. The van der Waals surface area contributed by atoms with E-state index in [1.807, 2.05) is 0 Å². The highest BCUT2D eigenvalue weighted by Gasteiger charge is 2.38. The minimum absolute atomic E-state index is 0.722. The summed E-state index contributed by atoms with van der Waals surface area (Å²) in [5.41, 5.74) is 1.58. The van der Waals surface area contributed by atoms with E-state index in [9.17, 15) is 0 Å². The lowest BCUT2D eigenvalue weighted by atomic mass is 9.89. The lowest BCUT2D eigenvalue weighted by Gasteiger charge is -2.33. The quantitative estimate of drug-likeness (QED) is 0.712. The molecule has 2 aromatic carbocycles. The predicted octanol–water partition coefficient (Wildman–Crippen LogP) is 5.14. The van der Waals surface area contributed by atoms with Gasteiger partial charge >= 0.3 is 0 Å². The average molecular weight is 286 g/mol. The molecule has 2 saturated heterocycles. The zero-order chi connectivity index (χ0) is 12.7. The van der Waals surface area contributed by atoms with Crippen LogP contribution >= 0.6 is 23.5 Å². The lowest BCUT2D eigenvalue weighted by Crippen LogP contribution is -2.24. The lowest BCUT2D eigenvalue weighted by molar-refractivity contribution is 0.482. The molecule has 0 unspecified atom stereocenters. The van der Waals surface area contributed by atoms with E-state index in [-0.39, 0.29) is 0 Å². The van der Waals surface area contributed by atoms with Gasteiger partial charge in [0.05, 0.1) is 0 Å². The number of benzene rings is 2. The monoisotopic (exact) mass is 286 g/mol. The Morgan fingerprint density at radius 3 is 2.68 bits per heavy atom. The van der Waals surface area contributed by atoms with E-state index in [0.717, 1.165) is 16.4 Å². The zero-order valence-corrected chi connectivity index (χ0v) is 12.6. The van der Waals surface area contributed by atoms with Crippen LogP contribution in [0, 0.1) is 5.92 Å². The van der Waals surface area contributed by atoms with Gasteiger partial charge in [-0.1, -0.05) is 42.5 Å². The summed E-state index contributed by atoms with van der Waals surface area (Å²) in [6, 6.07) is 15.7. The van der Waals surface area contributed by atoms with Crippen LogP contribution in [0.2, 0.25) is 0 Å². The van der Waals surface area contributed by atoms with Crippen LogP contribution in [-0.4, -0.2) is 16.8 Å². The van der Waals surface area contributed by atoms with E-state index >= 15 is 0 Å². The van der Waals surface area contributed by atoms with Gasteiger partial charge in [0.25, 0.3) is 0 Å². The first-order valence-electron chi connectivity index (χ1n) is 7.14. The van der Waals surface area contributed by atoms with Crippen LogP contribution in [0.3, 0.4) is 0 Å². The van der Waals surface area contributed by atoms with Gasteiger partial charge in [-0.05, 0) is 46.6 Å². The summed E-state index contributed by atoms with van der Waals surface area (Å²) in [5.74, 6) is 3.61. The number of hydrogen-bond donors (Lipinski definition) is 0. The van der Waals surface area contributed by atoms with Gasteiger partial charge in [0.15, 0.2) is 0 Å². The molecule has 2 fully saturated rings. The molecule has 0 spiro atoms. The molecule has 0 nitrogen and oxygen atoms in total. The summed E-state index contributed by atoms with van der Waals surface area (Å²) in [6.45, 7) is 0. The highest BCUT2D eigenvalue weighted by atomic mass is 32.2. The minimum atomic E-state index is 0.722. The summed E-state index contributed by atoms with van der Waals surface area (Å²) < 4.78 is 0. The normalized spacial score (nSPS) is 30.4. The van der Waals surface area contributed by atoms with Crippen molar-refractivity contribution in [1.82, 2.24) is 0 Å². The first kappa shape index (κ1) is 12.2. The summed E-state index contributed by atoms with van der Waals surface area (Å²) in [4.78, 5) is 0. The van der Waals surface area contributed by atoms with Crippen LogP contribution in [0.25, 0.3) is 10.8 Å². The van der Waals surface area contributed by atoms with Gasteiger partial charge in [-0.15, -0.1) is 0 Å². The largest absolute Gasteiger partial charge is 0.158 e. The highest BCUT2D eigenvalue weighted by molar-refractivity contribution is 8.01. The third-order valence-electron chi connectivity index (χ3n) is 4.48. The Kier molecular flexibility index (Phi) is 3.24. The van der Waals surface area contributed by atoms with Gasteiger partial charge in [-0.3, -0.25) is 0 Å². The van der Waals surface area contributed by atoms with Gasteiger partial charge in [-0.25, -0.2) is 0 Å². The fraction of sp³-hybridized carbons (Fsp3) is 0.412. The van der Waals surface area contributed by atoms with Crippen molar-refractivity contribution in [2.45, 2.75) is 23.3 Å². The van der Waals surface area contributed by atoms with Gasteiger partial charge in [0.2, 0.25) is 0 Å². The van der Waals surface area contributed by atoms with E-state index in [1.165, 1.54) is 35.1 Å². The van der Waals surface area contributed by atoms with Crippen molar-refractivity contribution < 1.29 is 0 Å². The van der Waals surface area contributed by atoms with E-state index in [2.05, 4.69) is 66.0 Å². The third kappa shape index (κ3) is 2.09. The van der Waals surface area contributed by atoms with Crippen LogP contribution in [0.15, 0.2) is 42.5 Å². The molecule has 0 radical (unpaired) electrons.